The number of carbonyl (C=O) groups is 3. The van der Waals surface area contributed by atoms with Crippen molar-refractivity contribution in [1.82, 2.24) is 15.1 Å². The van der Waals surface area contributed by atoms with Crippen LogP contribution in [0.1, 0.15) is 25.5 Å². The van der Waals surface area contributed by atoms with Crippen LogP contribution in [0.5, 0.6) is 0 Å². The molecule has 0 spiro atoms. The van der Waals surface area contributed by atoms with Gasteiger partial charge in [0.2, 0.25) is 0 Å². The normalized spacial score (nSPS) is 19.8. The van der Waals surface area contributed by atoms with Crippen molar-refractivity contribution in [3.05, 3.63) is 35.9 Å². The largest absolute Gasteiger partial charge is 0.467 e. The molecule has 2 aliphatic heterocycles. The van der Waals surface area contributed by atoms with Crippen LogP contribution in [-0.4, -0.2) is 58.7 Å². The fourth-order valence-electron chi connectivity index (χ4n) is 3.23. The van der Waals surface area contributed by atoms with Gasteiger partial charge in [-0.15, -0.1) is 0 Å². The molecular formula is C18H23N4O4+. The molecule has 0 bridgehead atoms. The molecule has 3 rings (SSSR count). The first-order valence-electron chi connectivity index (χ1n) is 8.67. The lowest BCUT2D eigenvalue weighted by atomic mass is 10.0. The van der Waals surface area contributed by atoms with Crippen LogP contribution in [0.25, 0.3) is 0 Å². The van der Waals surface area contributed by atoms with Crippen LogP contribution in [0.2, 0.25) is 0 Å². The second-order valence-corrected chi connectivity index (χ2v) is 6.39. The van der Waals surface area contributed by atoms with E-state index in [4.69, 9.17) is 4.42 Å². The summed E-state index contributed by atoms with van der Waals surface area (Å²) in [7, 11) is 3.08. The highest BCUT2D eigenvalue weighted by molar-refractivity contribution is 6.19. The van der Waals surface area contributed by atoms with Crippen LogP contribution >= 0.6 is 0 Å². The van der Waals surface area contributed by atoms with Gasteiger partial charge in [-0.3, -0.25) is 9.59 Å². The Labute approximate surface area is 151 Å². The minimum Gasteiger partial charge on any atom is -0.467 e. The summed E-state index contributed by atoms with van der Waals surface area (Å²) in [5.41, 5.74) is 0.397. The quantitative estimate of drug-likeness (QED) is 0.772. The highest BCUT2D eigenvalue weighted by Gasteiger charge is 2.51. The monoisotopic (exact) mass is 359 g/mol. The fourth-order valence-corrected chi connectivity index (χ4v) is 3.23. The maximum Gasteiger partial charge on any atom is 0.417 e. The van der Waals surface area contributed by atoms with Crippen molar-refractivity contribution in [3.8, 4) is 0 Å². The molecule has 1 fully saturated rings. The molecule has 0 aromatic carbocycles. The molecule has 8 heteroatoms. The summed E-state index contributed by atoms with van der Waals surface area (Å²) in [6, 6.07) is 3.13. The molecule has 138 valence electrons. The number of rotatable bonds is 6. The lowest BCUT2D eigenvalue weighted by Crippen LogP contribution is -2.57. The number of amidine groups is 1. The van der Waals surface area contributed by atoms with Gasteiger partial charge in [0.15, 0.2) is 11.6 Å². The van der Waals surface area contributed by atoms with Gasteiger partial charge in [-0.1, -0.05) is 13.3 Å². The van der Waals surface area contributed by atoms with Gasteiger partial charge < -0.3 is 9.73 Å². The van der Waals surface area contributed by atoms with Gasteiger partial charge in [0.1, 0.15) is 5.76 Å². The average Bonchev–Trinajstić information content (AvgIpc) is 3.28. The van der Waals surface area contributed by atoms with E-state index in [9.17, 15) is 14.4 Å². The molecule has 26 heavy (non-hydrogen) atoms. The molecule has 1 N–H and O–H groups in total. The zero-order valence-electron chi connectivity index (χ0n) is 15.2. The smallest absolute Gasteiger partial charge is 0.417 e. The van der Waals surface area contributed by atoms with Crippen LogP contribution in [-0.2, 0) is 16.1 Å². The summed E-state index contributed by atoms with van der Waals surface area (Å²) in [5.74, 6) is -0.0435. The highest BCUT2D eigenvalue weighted by atomic mass is 16.3. The van der Waals surface area contributed by atoms with Crippen molar-refractivity contribution in [2.45, 2.75) is 26.3 Å². The first-order valence-corrected chi connectivity index (χ1v) is 8.67. The van der Waals surface area contributed by atoms with E-state index in [0.717, 1.165) is 17.7 Å². The topological polar surface area (TPSA) is 85.9 Å². The molecule has 0 saturated carbocycles. The Bertz CT molecular complexity index is 794. The number of nitrogens with one attached hydrogen (secondary N) is 1. The van der Waals surface area contributed by atoms with E-state index >= 15 is 0 Å². The van der Waals surface area contributed by atoms with Gasteiger partial charge in [0, 0.05) is 7.05 Å². The maximum absolute atomic E-state index is 12.7. The van der Waals surface area contributed by atoms with Crippen molar-refractivity contribution < 1.29 is 23.4 Å². The van der Waals surface area contributed by atoms with Crippen LogP contribution < -0.4 is 5.32 Å². The fraction of sp³-hybridized carbons (Fsp3) is 0.444. The number of hydrogen-bond acceptors (Lipinski definition) is 4. The van der Waals surface area contributed by atoms with E-state index in [1.807, 2.05) is 6.92 Å². The Kier molecular flexibility index (Phi) is 4.92. The molecule has 1 aromatic rings. The number of nitrogens with zero attached hydrogens (tertiary/aromatic N) is 3. The third-order valence-corrected chi connectivity index (χ3v) is 4.66. The zero-order chi connectivity index (χ0) is 18.8. The van der Waals surface area contributed by atoms with Crippen molar-refractivity contribution in [1.29, 1.82) is 0 Å². The Morgan fingerprint density at radius 2 is 2.08 bits per heavy atom. The van der Waals surface area contributed by atoms with Gasteiger partial charge in [-0.2, -0.15) is 4.90 Å². The summed E-state index contributed by atoms with van der Waals surface area (Å²) in [6.45, 7) is 2.87. The highest BCUT2D eigenvalue weighted by Crippen LogP contribution is 2.26. The third kappa shape index (κ3) is 3.02. The van der Waals surface area contributed by atoms with Gasteiger partial charge in [-0.05, 0) is 24.6 Å². The Morgan fingerprint density at radius 3 is 2.73 bits per heavy atom. The number of hydrogen-bond donors (Lipinski definition) is 1. The lowest BCUT2D eigenvalue weighted by molar-refractivity contribution is -0.474. The molecule has 4 amide bonds. The Morgan fingerprint density at radius 1 is 1.31 bits per heavy atom. The van der Waals surface area contributed by atoms with Crippen molar-refractivity contribution in [3.63, 3.8) is 0 Å². The third-order valence-electron chi connectivity index (χ3n) is 4.66. The summed E-state index contributed by atoms with van der Waals surface area (Å²) in [4.78, 5) is 40.1. The molecular weight excluding hydrogens is 336 g/mol. The predicted molar refractivity (Wildman–Crippen MR) is 93.1 cm³/mol. The van der Waals surface area contributed by atoms with E-state index in [0.29, 0.717) is 23.8 Å². The average molecular weight is 359 g/mol. The summed E-state index contributed by atoms with van der Waals surface area (Å²) < 4.78 is 7.01. The van der Waals surface area contributed by atoms with Crippen molar-refractivity contribution in [2.75, 3.05) is 20.6 Å². The molecule has 1 saturated heterocycles. The van der Waals surface area contributed by atoms with E-state index in [1.165, 1.54) is 11.9 Å². The molecule has 3 heterocycles. The molecule has 2 aliphatic rings. The second kappa shape index (κ2) is 7.15. The molecule has 1 unspecified atom stereocenters. The van der Waals surface area contributed by atoms with Crippen LogP contribution in [0, 0.1) is 5.92 Å². The first kappa shape index (κ1) is 17.9. The summed E-state index contributed by atoms with van der Waals surface area (Å²) in [5, 5.41) is 2.81. The number of imide groups is 1. The van der Waals surface area contributed by atoms with Gasteiger partial charge in [0.05, 0.1) is 26.4 Å². The molecule has 0 aliphatic carbocycles. The number of fused-ring (bicyclic) bond motifs is 1. The SMILES string of the molecule is CCCC[N+]1=C2C(C=C1C(=O)NCc1ccco1)C(=O)N(C)C(=O)N2C. The van der Waals surface area contributed by atoms with E-state index in [-0.39, 0.29) is 18.4 Å². The molecule has 0 radical (unpaired) electrons. The van der Waals surface area contributed by atoms with Crippen LogP contribution in [0.4, 0.5) is 4.79 Å². The summed E-state index contributed by atoms with van der Waals surface area (Å²) >= 11 is 0. The van der Waals surface area contributed by atoms with Crippen molar-refractivity contribution in [2.24, 2.45) is 5.92 Å². The number of furan rings is 1. The first-order chi connectivity index (χ1) is 12.5. The Hall–Kier alpha value is -2.90. The van der Waals surface area contributed by atoms with E-state index < -0.39 is 11.9 Å². The summed E-state index contributed by atoms with van der Waals surface area (Å²) in [6.07, 6.45) is 4.96. The molecule has 1 atom stereocenters. The van der Waals surface area contributed by atoms with Gasteiger partial charge in [0.25, 0.3) is 17.6 Å². The Balaban J connectivity index is 1.90. The number of carbonyl (C=O) groups excluding carboxylic acids is 3. The standard InChI is InChI=1S/C18H22N4O4/c1-4-5-8-22-14(15(23)19-11-12-7-6-9-26-12)10-13-16(22)20(2)18(25)21(3)17(13)24/h6-7,9-10,13H,4-5,8,11H2,1-3H3/p+1. The van der Waals surface area contributed by atoms with Crippen LogP contribution in [0.3, 0.4) is 0 Å². The van der Waals surface area contributed by atoms with Crippen LogP contribution in [0.15, 0.2) is 34.6 Å². The number of unbranched alkanes of at least 4 members (excludes halogenated alkanes) is 1. The van der Waals surface area contributed by atoms with E-state index in [2.05, 4.69) is 5.32 Å². The minimum absolute atomic E-state index is 0.257. The number of urea groups is 1. The lowest BCUT2D eigenvalue weighted by Gasteiger charge is -2.27. The second-order valence-electron chi connectivity index (χ2n) is 6.39. The predicted octanol–water partition coefficient (Wildman–Crippen LogP) is 1.14. The van der Waals surface area contributed by atoms with Gasteiger partial charge in [-0.25, -0.2) is 14.3 Å². The van der Waals surface area contributed by atoms with Gasteiger partial charge >= 0.3 is 6.03 Å². The van der Waals surface area contributed by atoms with Crippen molar-refractivity contribution >= 4 is 23.7 Å². The maximum atomic E-state index is 12.7. The molecule has 1 aromatic heterocycles. The molecule has 8 nitrogen and oxygen atoms in total. The minimum atomic E-state index is -0.621. The van der Waals surface area contributed by atoms with E-state index in [1.54, 1.807) is 36.1 Å². The number of amides is 4. The zero-order valence-corrected chi connectivity index (χ0v) is 15.2.